The lowest BCUT2D eigenvalue weighted by Crippen LogP contribution is -2.29. The van der Waals surface area contributed by atoms with E-state index in [9.17, 15) is 14.4 Å². The number of amides is 2. The van der Waals surface area contributed by atoms with Crippen molar-refractivity contribution in [2.75, 3.05) is 10.6 Å². The molecule has 0 saturated heterocycles. The summed E-state index contributed by atoms with van der Waals surface area (Å²) in [6, 6.07) is 16.7. The second-order valence-electron chi connectivity index (χ2n) is 6.40. The van der Waals surface area contributed by atoms with Crippen molar-refractivity contribution in [2.24, 2.45) is 0 Å². The molecule has 0 atom stereocenters. The number of pyridine rings is 1. The van der Waals surface area contributed by atoms with Gasteiger partial charge in [0.15, 0.2) is 0 Å². The Labute approximate surface area is 176 Å². The van der Waals surface area contributed by atoms with Crippen LogP contribution in [0, 0.1) is 0 Å². The van der Waals surface area contributed by atoms with Gasteiger partial charge in [0.1, 0.15) is 5.69 Å². The predicted octanol–water partition coefficient (Wildman–Crippen LogP) is 4.02. The fourth-order valence-corrected chi connectivity index (χ4v) is 3.17. The molecule has 0 spiro atoms. The van der Waals surface area contributed by atoms with Crippen LogP contribution in [0.3, 0.4) is 0 Å². The fourth-order valence-electron chi connectivity index (χ4n) is 3.00. The highest BCUT2D eigenvalue weighted by Crippen LogP contribution is 2.31. The summed E-state index contributed by atoms with van der Waals surface area (Å²) in [6.07, 6.45) is 2.99. The van der Waals surface area contributed by atoms with Crippen molar-refractivity contribution in [1.29, 1.82) is 0 Å². The molecule has 2 aromatic carbocycles. The summed E-state index contributed by atoms with van der Waals surface area (Å²) in [7, 11) is 0. The van der Waals surface area contributed by atoms with Crippen LogP contribution in [0.25, 0.3) is 10.9 Å². The first-order valence-electron chi connectivity index (χ1n) is 8.96. The van der Waals surface area contributed by atoms with Gasteiger partial charge in [-0.3, -0.25) is 19.4 Å². The maximum atomic E-state index is 13.0. The molecule has 2 heterocycles. The first-order chi connectivity index (χ1) is 14.5. The van der Waals surface area contributed by atoms with Gasteiger partial charge >= 0.3 is 11.8 Å². The number of carbonyl (C=O) groups excluding carboxylic acids is 3. The van der Waals surface area contributed by atoms with E-state index >= 15 is 0 Å². The SMILES string of the molecule is O=C(Nc1ccncc1)C(=O)Nc1c(C(=O)c2ccccc2)[nH]c2cc(Cl)ccc12. The Balaban J connectivity index is 1.69. The summed E-state index contributed by atoms with van der Waals surface area (Å²) in [5, 5.41) is 6.07. The van der Waals surface area contributed by atoms with Crippen LogP contribution in [-0.2, 0) is 9.59 Å². The quantitative estimate of drug-likeness (QED) is 0.344. The van der Waals surface area contributed by atoms with Gasteiger partial charge in [0.25, 0.3) is 0 Å². The van der Waals surface area contributed by atoms with E-state index < -0.39 is 11.8 Å². The molecule has 2 aromatic heterocycles. The first kappa shape index (κ1) is 19.4. The molecular formula is C22H15ClN4O3. The van der Waals surface area contributed by atoms with Crippen LogP contribution < -0.4 is 10.6 Å². The summed E-state index contributed by atoms with van der Waals surface area (Å²) in [5.74, 6) is -2.11. The van der Waals surface area contributed by atoms with E-state index in [1.54, 1.807) is 60.7 Å². The molecule has 4 rings (SSSR count). The number of rotatable bonds is 4. The van der Waals surface area contributed by atoms with E-state index in [0.717, 1.165) is 0 Å². The summed E-state index contributed by atoms with van der Waals surface area (Å²) in [6.45, 7) is 0. The van der Waals surface area contributed by atoms with Crippen LogP contribution in [0.5, 0.6) is 0 Å². The van der Waals surface area contributed by atoms with Crippen LogP contribution in [0.2, 0.25) is 5.02 Å². The van der Waals surface area contributed by atoms with Crippen LogP contribution in [-0.4, -0.2) is 27.6 Å². The number of halogens is 1. The Morgan fingerprint density at radius 3 is 2.30 bits per heavy atom. The Kier molecular flexibility index (Phi) is 5.28. The molecule has 0 aliphatic carbocycles. The highest BCUT2D eigenvalue weighted by Gasteiger charge is 2.23. The van der Waals surface area contributed by atoms with Crippen molar-refractivity contribution in [3.8, 4) is 0 Å². The molecule has 7 nitrogen and oxygen atoms in total. The topological polar surface area (TPSA) is 104 Å². The highest BCUT2D eigenvalue weighted by molar-refractivity contribution is 6.44. The molecule has 0 aliphatic rings. The molecule has 0 unspecified atom stereocenters. The van der Waals surface area contributed by atoms with Crippen molar-refractivity contribution in [1.82, 2.24) is 9.97 Å². The van der Waals surface area contributed by atoms with Crippen LogP contribution in [0.15, 0.2) is 73.1 Å². The molecule has 0 radical (unpaired) electrons. The number of nitrogens with zero attached hydrogens (tertiary/aromatic N) is 1. The first-order valence-corrected chi connectivity index (χ1v) is 9.34. The highest BCUT2D eigenvalue weighted by atomic mass is 35.5. The van der Waals surface area contributed by atoms with Crippen molar-refractivity contribution in [3.05, 3.63) is 89.3 Å². The van der Waals surface area contributed by atoms with E-state index in [0.29, 0.717) is 27.2 Å². The number of aromatic nitrogens is 2. The number of hydrogen-bond acceptors (Lipinski definition) is 4. The molecular weight excluding hydrogens is 404 g/mol. The van der Waals surface area contributed by atoms with Crippen LogP contribution in [0.1, 0.15) is 16.1 Å². The number of aromatic amines is 1. The van der Waals surface area contributed by atoms with E-state index in [1.165, 1.54) is 12.4 Å². The third-order valence-electron chi connectivity index (χ3n) is 4.41. The van der Waals surface area contributed by atoms with Gasteiger partial charge in [-0.1, -0.05) is 41.9 Å². The number of benzene rings is 2. The Hall–Kier alpha value is -3.97. The molecule has 0 saturated carbocycles. The molecule has 3 N–H and O–H groups in total. The van der Waals surface area contributed by atoms with Gasteiger partial charge in [0, 0.05) is 39.6 Å². The zero-order valence-electron chi connectivity index (χ0n) is 15.5. The number of anilines is 2. The largest absolute Gasteiger partial charge is 0.350 e. The molecule has 30 heavy (non-hydrogen) atoms. The fraction of sp³-hybridized carbons (Fsp3) is 0. The molecule has 148 valence electrons. The maximum Gasteiger partial charge on any atom is 0.314 e. The van der Waals surface area contributed by atoms with E-state index in [2.05, 4.69) is 20.6 Å². The Bertz CT molecular complexity index is 1250. The molecule has 0 aliphatic heterocycles. The molecule has 0 bridgehead atoms. The van der Waals surface area contributed by atoms with Crippen LogP contribution in [0.4, 0.5) is 11.4 Å². The molecule has 2 amide bonds. The number of ketones is 1. The average Bonchev–Trinajstić information content (AvgIpc) is 3.11. The minimum atomic E-state index is -0.912. The lowest BCUT2D eigenvalue weighted by molar-refractivity contribution is -0.132. The third kappa shape index (κ3) is 3.92. The number of carbonyl (C=O) groups is 3. The summed E-state index contributed by atoms with van der Waals surface area (Å²) in [5.41, 5.74) is 1.80. The van der Waals surface area contributed by atoms with Crippen molar-refractivity contribution in [3.63, 3.8) is 0 Å². The van der Waals surface area contributed by atoms with E-state index in [1.807, 2.05) is 0 Å². The summed E-state index contributed by atoms with van der Waals surface area (Å²) >= 11 is 6.06. The average molecular weight is 419 g/mol. The lowest BCUT2D eigenvalue weighted by Gasteiger charge is -2.08. The third-order valence-corrected chi connectivity index (χ3v) is 4.64. The number of fused-ring (bicyclic) bond motifs is 1. The minimum absolute atomic E-state index is 0.156. The van der Waals surface area contributed by atoms with Gasteiger partial charge < -0.3 is 15.6 Å². The summed E-state index contributed by atoms with van der Waals surface area (Å²) in [4.78, 5) is 44.8. The van der Waals surface area contributed by atoms with Gasteiger partial charge in [-0.25, -0.2) is 0 Å². The second kappa shape index (κ2) is 8.18. The molecule has 0 fully saturated rings. The monoisotopic (exact) mass is 418 g/mol. The van der Waals surface area contributed by atoms with Crippen molar-refractivity contribution < 1.29 is 14.4 Å². The normalized spacial score (nSPS) is 10.6. The number of H-pyrrole nitrogens is 1. The van der Waals surface area contributed by atoms with Crippen molar-refractivity contribution in [2.45, 2.75) is 0 Å². The van der Waals surface area contributed by atoms with E-state index in [4.69, 9.17) is 11.6 Å². The van der Waals surface area contributed by atoms with Gasteiger partial charge in [-0.05, 0) is 30.3 Å². The second-order valence-corrected chi connectivity index (χ2v) is 6.84. The molecule has 8 heteroatoms. The lowest BCUT2D eigenvalue weighted by atomic mass is 10.1. The van der Waals surface area contributed by atoms with Gasteiger partial charge in [-0.2, -0.15) is 0 Å². The van der Waals surface area contributed by atoms with Gasteiger partial charge in [0.05, 0.1) is 5.69 Å². The Morgan fingerprint density at radius 1 is 0.867 bits per heavy atom. The van der Waals surface area contributed by atoms with Gasteiger partial charge in [0.2, 0.25) is 5.78 Å². The smallest absolute Gasteiger partial charge is 0.314 e. The predicted molar refractivity (Wildman–Crippen MR) is 115 cm³/mol. The Morgan fingerprint density at radius 2 is 1.57 bits per heavy atom. The minimum Gasteiger partial charge on any atom is -0.350 e. The maximum absolute atomic E-state index is 13.0. The van der Waals surface area contributed by atoms with Crippen molar-refractivity contribution >= 4 is 51.5 Å². The van der Waals surface area contributed by atoms with Gasteiger partial charge in [-0.15, -0.1) is 0 Å². The number of hydrogen-bond donors (Lipinski definition) is 3. The zero-order chi connectivity index (χ0) is 21.1. The molecule has 4 aromatic rings. The van der Waals surface area contributed by atoms with E-state index in [-0.39, 0.29) is 17.2 Å². The summed E-state index contributed by atoms with van der Waals surface area (Å²) < 4.78 is 0. The van der Waals surface area contributed by atoms with Crippen LogP contribution >= 0.6 is 11.6 Å². The zero-order valence-corrected chi connectivity index (χ0v) is 16.2. The standard InChI is InChI=1S/C22H15ClN4O3/c23-14-6-7-16-17(12-14)26-19(20(28)13-4-2-1-3-5-13)18(16)27-22(30)21(29)25-15-8-10-24-11-9-15/h1-12,26H,(H,27,30)(H,24,25,29). The number of nitrogens with one attached hydrogen (secondary N) is 3.